The molecular formula is C26H28N4O5. The van der Waals surface area contributed by atoms with Crippen molar-refractivity contribution in [1.29, 1.82) is 0 Å². The number of para-hydroxylation sites is 1. The molecule has 2 aromatic carbocycles. The van der Waals surface area contributed by atoms with Crippen LogP contribution in [0, 0.1) is 16.7 Å². The summed E-state index contributed by atoms with van der Waals surface area (Å²) >= 11 is 0. The molecule has 0 radical (unpaired) electrons. The van der Waals surface area contributed by atoms with E-state index < -0.39 is 34.8 Å². The van der Waals surface area contributed by atoms with Gasteiger partial charge in [0.1, 0.15) is 0 Å². The predicted molar refractivity (Wildman–Crippen MR) is 129 cm³/mol. The second kappa shape index (κ2) is 10.2. The van der Waals surface area contributed by atoms with Crippen LogP contribution < -0.4 is 4.90 Å². The number of piperidine rings is 1. The van der Waals surface area contributed by atoms with Gasteiger partial charge in [-0.05, 0) is 31.4 Å². The molecule has 9 heteroatoms. The van der Waals surface area contributed by atoms with Crippen LogP contribution in [0.5, 0.6) is 0 Å². The number of hydrogen-bond acceptors (Lipinski definition) is 6. The van der Waals surface area contributed by atoms with E-state index in [1.165, 1.54) is 5.56 Å². The molecule has 1 fully saturated rings. The Hall–Kier alpha value is -3.77. The number of fused-ring (bicyclic) bond motifs is 1. The van der Waals surface area contributed by atoms with Gasteiger partial charge in [-0.1, -0.05) is 48.5 Å². The number of esters is 1. The number of likely N-dealkylation sites (tertiary alicyclic amines) is 1. The third-order valence-corrected chi connectivity index (χ3v) is 6.90. The topological polar surface area (TPSA) is 97.3 Å². The van der Waals surface area contributed by atoms with Crippen LogP contribution in [0.3, 0.4) is 0 Å². The highest BCUT2D eigenvalue weighted by atomic mass is 16.6. The molecular weight excluding hydrogens is 448 g/mol. The fraction of sp³-hybridized carbons (Fsp3) is 0.423. The summed E-state index contributed by atoms with van der Waals surface area (Å²) < 4.78 is 5.08. The molecule has 2 aliphatic heterocycles. The molecule has 2 unspecified atom stereocenters. The molecule has 2 aliphatic rings. The highest BCUT2D eigenvalue weighted by Gasteiger charge is 2.67. The Morgan fingerprint density at radius 3 is 2.49 bits per heavy atom. The van der Waals surface area contributed by atoms with Crippen LogP contribution >= 0.6 is 0 Å². The van der Waals surface area contributed by atoms with E-state index in [1.807, 2.05) is 18.2 Å². The molecule has 1 amide bonds. The second-order valence-corrected chi connectivity index (χ2v) is 8.93. The Balaban J connectivity index is 1.65. The van der Waals surface area contributed by atoms with Gasteiger partial charge in [-0.15, -0.1) is 0 Å². The van der Waals surface area contributed by atoms with E-state index in [1.54, 1.807) is 36.1 Å². The van der Waals surface area contributed by atoms with E-state index in [9.17, 15) is 19.7 Å². The molecule has 0 aromatic heterocycles. The maximum absolute atomic E-state index is 14.1. The standard InChI is InChI=1S/C26H28N4O5/c1-3-35-24(31)23(27-2)26(18-29(33)34)21-11-7-8-12-22(21)30(25(26)32)20-13-15-28(16-14-20)17-19-9-5-4-6-10-19/h4-12,20,23H,3,13-18H2,1H3. The van der Waals surface area contributed by atoms with Crippen LogP contribution in [0.1, 0.15) is 30.9 Å². The molecule has 2 atom stereocenters. The van der Waals surface area contributed by atoms with Crippen LogP contribution in [0.2, 0.25) is 0 Å². The van der Waals surface area contributed by atoms with Gasteiger partial charge in [-0.2, -0.15) is 0 Å². The number of rotatable bonds is 8. The van der Waals surface area contributed by atoms with Crippen molar-refractivity contribution < 1.29 is 19.2 Å². The first-order valence-electron chi connectivity index (χ1n) is 11.8. The summed E-state index contributed by atoms with van der Waals surface area (Å²) in [6, 6.07) is 15.2. The van der Waals surface area contributed by atoms with Gasteiger partial charge in [0.05, 0.1) is 6.61 Å². The lowest BCUT2D eigenvalue weighted by Crippen LogP contribution is -2.57. The minimum atomic E-state index is -1.92. The van der Waals surface area contributed by atoms with Crippen molar-refractivity contribution in [3.05, 3.63) is 87.3 Å². The number of carbonyl (C=O) groups is 2. The highest BCUT2D eigenvalue weighted by molar-refractivity contribution is 6.12. The smallest absolute Gasteiger partial charge is 0.392 e. The van der Waals surface area contributed by atoms with Crippen molar-refractivity contribution >= 4 is 17.6 Å². The van der Waals surface area contributed by atoms with Gasteiger partial charge in [0.25, 0.3) is 5.91 Å². The number of benzene rings is 2. The molecule has 0 N–H and O–H groups in total. The summed E-state index contributed by atoms with van der Waals surface area (Å²) in [6.45, 7) is 10.8. The minimum absolute atomic E-state index is 0.0127. The van der Waals surface area contributed by atoms with E-state index in [2.05, 4.69) is 21.9 Å². The van der Waals surface area contributed by atoms with Crippen molar-refractivity contribution in [3.63, 3.8) is 0 Å². The normalized spacial score (nSPS) is 21.3. The van der Waals surface area contributed by atoms with Crippen LogP contribution in [0.4, 0.5) is 5.69 Å². The van der Waals surface area contributed by atoms with Gasteiger partial charge in [0.15, 0.2) is 0 Å². The van der Waals surface area contributed by atoms with Crippen LogP contribution in [-0.2, 0) is 26.3 Å². The Kier molecular flexibility index (Phi) is 7.12. The summed E-state index contributed by atoms with van der Waals surface area (Å²) in [5, 5.41) is 11.8. The van der Waals surface area contributed by atoms with Crippen LogP contribution in [0.15, 0.2) is 54.6 Å². The molecule has 9 nitrogen and oxygen atoms in total. The zero-order chi connectivity index (χ0) is 25.0. The maximum Gasteiger partial charge on any atom is 0.392 e. The van der Waals surface area contributed by atoms with Crippen molar-refractivity contribution in [1.82, 2.24) is 4.90 Å². The van der Waals surface area contributed by atoms with Gasteiger partial charge < -0.3 is 9.64 Å². The number of ether oxygens (including phenoxy) is 1. The van der Waals surface area contributed by atoms with Gasteiger partial charge >= 0.3 is 12.0 Å². The predicted octanol–water partition coefficient (Wildman–Crippen LogP) is 3.06. The zero-order valence-corrected chi connectivity index (χ0v) is 19.6. The molecule has 0 spiro atoms. The van der Waals surface area contributed by atoms with Gasteiger partial charge in [0, 0.05) is 41.9 Å². The lowest BCUT2D eigenvalue weighted by atomic mass is 9.75. The van der Waals surface area contributed by atoms with Gasteiger partial charge in [0.2, 0.25) is 12.0 Å². The van der Waals surface area contributed by atoms with Crippen molar-refractivity contribution in [3.8, 4) is 0 Å². The van der Waals surface area contributed by atoms with Crippen molar-refractivity contribution in [2.24, 2.45) is 0 Å². The molecule has 2 heterocycles. The van der Waals surface area contributed by atoms with Crippen LogP contribution in [-0.4, -0.2) is 60.0 Å². The molecule has 0 saturated carbocycles. The molecule has 182 valence electrons. The Morgan fingerprint density at radius 1 is 1.20 bits per heavy atom. The first kappa shape index (κ1) is 24.4. The Morgan fingerprint density at radius 2 is 1.86 bits per heavy atom. The Labute approximate surface area is 204 Å². The van der Waals surface area contributed by atoms with Gasteiger partial charge in [-0.3, -0.25) is 24.7 Å². The average molecular weight is 477 g/mol. The molecule has 2 aromatic rings. The quantitative estimate of drug-likeness (QED) is 0.251. The number of nitrogens with zero attached hydrogens (tertiary/aromatic N) is 4. The summed E-state index contributed by atoms with van der Waals surface area (Å²) in [6.07, 6.45) is 1.37. The highest BCUT2D eigenvalue weighted by Crippen LogP contribution is 2.47. The lowest BCUT2D eigenvalue weighted by Gasteiger charge is -2.37. The fourth-order valence-corrected chi connectivity index (χ4v) is 5.33. The van der Waals surface area contributed by atoms with E-state index in [4.69, 9.17) is 11.3 Å². The lowest BCUT2D eigenvalue weighted by molar-refractivity contribution is -0.488. The van der Waals surface area contributed by atoms with Crippen LogP contribution in [0.25, 0.3) is 4.85 Å². The van der Waals surface area contributed by atoms with Gasteiger partial charge in [-0.25, -0.2) is 11.4 Å². The van der Waals surface area contributed by atoms with Crippen molar-refractivity contribution in [2.75, 3.05) is 31.1 Å². The SMILES string of the molecule is [C-]#[N+]C(C(=O)OCC)C1(C[N+](=O)[O-])C(=O)N(C2CCN(Cc3ccccc3)CC2)c2ccccc21. The number of anilines is 1. The first-order valence-corrected chi connectivity index (χ1v) is 11.8. The maximum atomic E-state index is 14.1. The number of hydrogen-bond donors (Lipinski definition) is 0. The largest absolute Gasteiger partial charge is 0.460 e. The third kappa shape index (κ3) is 4.49. The monoisotopic (exact) mass is 476 g/mol. The Bertz CT molecular complexity index is 1140. The first-order chi connectivity index (χ1) is 16.9. The summed E-state index contributed by atoms with van der Waals surface area (Å²) in [5.74, 6) is -1.47. The average Bonchev–Trinajstić information content (AvgIpc) is 3.09. The molecule has 0 aliphatic carbocycles. The third-order valence-electron chi connectivity index (χ3n) is 6.90. The molecule has 4 rings (SSSR count). The summed E-state index contributed by atoms with van der Waals surface area (Å²) in [4.78, 5) is 45.3. The van der Waals surface area contributed by atoms with E-state index in [0.29, 0.717) is 24.1 Å². The van der Waals surface area contributed by atoms with E-state index in [-0.39, 0.29) is 12.6 Å². The zero-order valence-electron chi connectivity index (χ0n) is 19.6. The number of amides is 1. The minimum Gasteiger partial charge on any atom is -0.460 e. The van der Waals surface area contributed by atoms with E-state index >= 15 is 0 Å². The number of nitro groups is 1. The second-order valence-electron chi connectivity index (χ2n) is 8.93. The summed E-state index contributed by atoms with van der Waals surface area (Å²) in [7, 11) is 0. The molecule has 1 saturated heterocycles. The van der Waals surface area contributed by atoms with Crippen molar-refractivity contribution in [2.45, 2.75) is 43.8 Å². The fourth-order valence-electron chi connectivity index (χ4n) is 5.33. The number of carbonyl (C=O) groups excluding carboxylic acids is 2. The molecule has 35 heavy (non-hydrogen) atoms. The van der Waals surface area contributed by atoms with E-state index in [0.717, 1.165) is 19.6 Å². The summed E-state index contributed by atoms with van der Waals surface area (Å²) in [5.41, 5.74) is 0.184. The molecule has 0 bridgehead atoms.